The second-order valence-corrected chi connectivity index (χ2v) is 3.70. The normalized spacial score (nSPS) is 10.8. The maximum Gasteiger partial charge on any atom is 0.278 e. The van der Waals surface area contributed by atoms with Gasteiger partial charge in [0.05, 0.1) is 16.7 Å². The largest absolute Gasteiger partial charge is 0.278 e. The van der Waals surface area contributed by atoms with Gasteiger partial charge in [-0.05, 0) is 6.07 Å². The molecule has 0 aliphatic rings. The second-order valence-electron chi connectivity index (χ2n) is 3.70. The predicted molar refractivity (Wildman–Crippen MR) is 63.7 cm³/mol. The molecular weight excluding hydrogens is 222 g/mol. The van der Waals surface area contributed by atoms with Crippen molar-refractivity contribution in [1.82, 2.24) is 5.43 Å². The van der Waals surface area contributed by atoms with E-state index < -0.39 is 4.92 Å². The van der Waals surface area contributed by atoms with Crippen LogP contribution in [-0.2, 0) is 4.79 Å². The molecular formula is C11H13N3O3. The third-order valence-electron chi connectivity index (χ3n) is 2.04. The van der Waals surface area contributed by atoms with Gasteiger partial charge in [0.2, 0.25) is 5.91 Å². The zero-order valence-corrected chi connectivity index (χ0v) is 9.58. The van der Waals surface area contributed by atoms with E-state index >= 15 is 0 Å². The highest BCUT2D eigenvalue weighted by atomic mass is 16.6. The molecule has 17 heavy (non-hydrogen) atoms. The lowest BCUT2D eigenvalue weighted by molar-refractivity contribution is -0.385. The molecule has 0 spiro atoms. The Bertz CT molecular complexity index is 455. The van der Waals surface area contributed by atoms with Gasteiger partial charge in [0.25, 0.3) is 5.69 Å². The number of amides is 1. The van der Waals surface area contributed by atoms with Gasteiger partial charge in [-0.3, -0.25) is 14.9 Å². The minimum Gasteiger partial charge on any atom is -0.273 e. The van der Waals surface area contributed by atoms with Crippen LogP contribution in [0.5, 0.6) is 0 Å². The maximum atomic E-state index is 11.2. The molecule has 6 heteroatoms. The smallest absolute Gasteiger partial charge is 0.273 e. The van der Waals surface area contributed by atoms with Crippen molar-refractivity contribution < 1.29 is 9.72 Å². The van der Waals surface area contributed by atoms with Gasteiger partial charge < -0.3 is 0 Å². The summed E-state index contributed by atoms with van der Waals surface area (Å²) < 4.78 is 0. The molecule has 0 bridgehead atoms. The van der Waals surface area contributed by atoms with Crippen molar-refractivity contribution >= 4 is 17.8 Å². The summed E-state index contributed by atoms with van der Waals surface area (Å²) in [5.74, 6) is -0.419. The number of carbonyl (C=O) groups excluding carboxylic acids is 1. The van der Waals surface area contributed by atoms with Crippen LogP contribution in [0.1, 0.15) is 19.4 Å². The van der Waals surface area contributed by atoms with Gasteiger partial charge in [-0.25, -0.2) is 5.43 Å². The lowest BCUT2D eigenvalue weighted by Gasteiger charge is -2.01. The molecule has 0 aliphatic carbocycles. The first-order valence-corrected chi connectivity index (χ1v) is 5.08. The third-order valence-corrected chi connectivity index (χ3v) is 2.04. The lowest BCUT2D eigenvalue weighted by atomic mass is 10.2. The van der Waals surface area contributed by atoms with Crippen LogP contribution in [0.15, 0.2) is 29.4 Å². The summed E-state index contributed by atoms with van der Waals surface area (Å²) >= 11 is 0. The van der Waals surface area contributed by atoms with Crippen molar-refractivity contribution in [2.45, 2.75) is 13.8 Å². The Kier molecular flexibility index (Phi) is 4.33. The number of nitrogens with one attached hydrogen (secondary N) is 1. The fraction of sp³-hybridized carbons (Fsp3) is 0.273. The van der Waals surface area contributed by atoms with Crippen molar-refractivity contribution in [1.29, 1.82) is 0 Å². The van der Waals surface area contributed by atoms with Crippen LogP contribution in [0, 0.1) is 16.0 Å². The average molecular weight is 235 g/mol. The number of nitro benzene ring substituents is 1. The lowest BCUT2D eigenvalue weighted by Crippen LogP contribution is -2.22. The molecule has 0 radical (unpaired) electrons. The molecule has 90 valence electrons. The Balaban J connectivity index is 2.78. The van der Waals surface area contributed by atoms with Crippen LogP contribution in [0.2, 0.25) is 0 Å². The number of para-hydroxylation sites is 1. The Hall–Kier alpha value is -2.24. The summed E-state index contributed by atoms with van der Waals surface area (Å²) in [5.41, 5.74) is 2.61. The van der Waals surface area contributed by atoms with Crippen molar-refractivity contribution in [2.24, 2.45) is 11.0 Å². The third kappa shape index (κ3) is 3.67. The maximum absolute atomic E-state index is 11.2. The number of hydrogen-bond acceptors (Lipinski definition) is 4. The molecule has 0 aliphatic heterocycles. The highest BCUT2D eigenvalue weighted by Gasteiger charge is 2.10. The summed E-state index contributed by atoms with van der Waals surface area (Å²) in [5, 5.41) is 14.4. The molecule has 0 atom stereocenters. The summed E-state index contributed by atoms with van der Waals surface area (Å²) in [4.78, 5) is 21.4. The van der Waals surface area contributed by atoms with E-state index in [1.54, 1.807) is 32.0 Å². The number of hydrazone groups is 1. The van der Waals surface area contributed by atoms with Gasteiger partial charge in [0, 0.05) is 12.0 Å². The van der Waals surface area contributed by atoms with Gasteiger partial charge in [0.1, 0.15) is 0 Å². The first kappa shape index (κ1) is 12.8. The van der Waals surface area contributed by atoms with E-state index in [2.05, 4.69) is 10.5 Å². The molecule has 0 fully saturated rings. The highest BCUT2D eigenvalue weighted by molar-refractivity contribution is 5.86. The first-order valence-electron chi connectivity index (χ1n) is 5.08. The standard InChI is InChI=1S/C11H13N3O3/c1-8(2)11(15)13-12-7-9-5-3-4-6-10(9)14(16)17/h3-8H,1-2H3,(H,13,15)/b12-7-. The van der Waals surface area contributed by atoms with E-state index in [1.165, 1.54) is 12.3 Å². The van der Waals surface area contributed by atoms with Crippen LogP contribution >= 0.6 is 0 Å². The van der Waals surface area contributed by atoms with E-state index in [4.69, 9.17) is 0 Å². The first-order chi connectivity index (χ1) is 8.02. The van der Waals surface area contributed by atoms with E-state index in [1.807, 2.05) is 0 Å². The summed E-state index contributed by atoms with van der Waals surface area (Å²) in [7, 11) is 0. The molecule has 1 aromatic rings. The number of nitro groups is 1. The SMILES string of the molecule is CC(C)C(=O)N/N=C\c1ccccc1[N+](=O)[O-]. The van der Waals surface area contributed by atoms with Crippen molar-refractivity contribution in [3.8, 4) is 0 Å². The molecule has 0 saturated carbocycles. The molecule has 1 aromatic carbocycles. The average Bonchev–Trinajstić information content (AvgIpc) is 2.29. The fourth-order valence-corrected chi connectivity index (χ4v) is 1.06. The predicted octanol–water partition coefficient (Wildman–Crippen LogP) is 1.70. The summed E-state index contributed by atoms with van der Waals surface area (Å²) in [6, 6.07) is 6.18. The monoisotopic (exact) mass is 235 g/mol. The molecule has 0 unspecified atom stereocenters. The molecule has 0 heterocycles. The van der Waals surface area contributed by atoms with Crippen LogP contribution in [0.4, 0.5) is 5.69 Å². The van der Waals surface area contributed by atoms with Crippen LogP contribution < -0.4 is 5.43 Å². The fourth-order valence-electron chi connectivity index (χ4n) is 1.06. The number of rotatable bonds is 4. The van der Waals surface area contributed by atoms with E-state index in [0.717, 1.165) is 0 Å². The molecule has 1 N–H and O–H groups in total. The Morgan fingerprint density at radius 2 is 2.12 bits per heavy atom. The van der Waals surface area contributed by atoms with Gasteiger partial charge >= 0.3 is 0 Å². The van der Waals surface area contributed by atoms with E-state index in [-0.39, 0.29) is 17.5 Å². The second kappa shape index (κ2) is 5.74. The topological polar surface area (TPSA) is 84.6 Å². The quantitative estimate of drug-likeness (QED) is 0.489. The van der Waals surface area contributed by atoms with Crippen LogP contribution in [0.25, 0.3) is 0 Å². The summed E-state index contributed by atoms with van der Waals surface area (Å²) in [6.07, 6.45) is 1.26. The molecule has 0 aromatic heterocycles. The summed E-state index contributed by atoms with van der Waals surface area (Å²) in [6.45, 7) is 3.46. The number of hydrogen-bond donors (Lipinski definition) is 1. The van der Waals surface area contributed by atoms with Crippen molar-refractivity contribution in [2.75, 3.05) is 0 Å². The van der Waals surface area contributed by atoms with Crippen molar-refractivity contribution in [3.05, 3.63) is 39.9 Å². The minimum atomic E-state index is -0.494. The molecule has 6 nitrogen and oxygen atoms in total. The molecule has 1 amide bonds. The number of nitrogens with zero attached hydrogens (tertiary/aromatic N) is 2. The van der Waals surface area contributed by atoms with Gasteiger partial charge in [-0.15, -0.1) is 0 Å². The zero-order valence-electron chi connectivity index (χ0n) is 9.58. The van der Waals surface area contributed by atoms with E-state index in [0.29, 0.717) is 5.56 Å². The zero-order chi connectivity index (χ0) is 12.8. The van der Waals surface area contributed by atoms with Gasteiger partial charge in [0.15, 0.2) is 0 Å². The minimum absolute atomic E-state index is 0.0463. The molecule has 0 saturated heterocycles. The van der Waals surface area contributed by atoms with Gasteiger partial charge in [-0.2, -0.15) is 5.10 Å². The van der Waals surface area contributed by atoms with Crippen LogP contribution in [-0.4, -0.2) is 17.0 Å². The van der Waals surface area contributed by atoms with Crippen LogP contribution in [0.3, 0.4) is 0 Å². The number of benzene rings is 1. The Labute approximate surface area is 98.5 Å². The number of carbonyl (C=O) groups is 1. The Morgan fingerprint density at radius 1 is 1.47 bits per heavy atom. The van der Waals surface area contributed by atoms with Crippen molar-refractivity contribution in [3.63, 3.8) is 0 Å². The Morgan fingerprint density at radius 3 is 2.71 bits per heavy atom. The van der Waals surface area contributed by atoms with Gasteiger partial charge in [-0.1, -0.05) is 26.0 Å². The highest BCUT2D eigenvalue weighted by Crippen LogP contribution is 2.14. The van der Waals surface area contributed by atoms with E-state index in [9.17, 15) is 14.9 Å². The molecule has 1 rings (SSSR count).